The lowest BCUT2D eigenvalue weighted by molar-refractivity contribution is 0.0778. The number of amides is 1. The molecule has 0 fully saturated rings. The first-order valence-corrected chi connectivity index (χ1v) is 6.57. The maximum Gasteiger partial charge on any atom is 0.272 e. The fraction of sp³-hybridized carbons (Fsp3) is 0.267. The topological polar surface area (TPSA) is 58.1 Å². The number of anilines is 1. The van der Waals surface area contributed by atoms with Crippen LogP contribution < -0.4 is 5.32 Å². The molecule has 0 saturated heterocycles. The van der Waals surface area contributed by atoms with Crippen molar-refractivity contribution < 1.29 is 4.79 Å². The number of pyridine rings is 2. The molecule has 5 heteroatoms. The molecule has 0 aliphatic carbocycles. The Bertz CT molecular complexity index is 571. The van der Waals surface area contributed by atoms with Crippen molar-refractivity contribution in [2.75, 3.05) is 18.9 Å². The van der Waals surface area contributed by atoms with Crippen molar-refractivity contribution in [1.82, 2.24) is 14.9 Å². The average molecular weight is 270 g/mol. The van der Waals surface area contributed by atoms with E-state index in [0.29, 0.717) is 18.1 Å². The molecule has 0 spiro atoms. The van der Waals surface area contributed by atoms with Crippen molar-refractivity contribution in [3.63, 3.8) is 0 Å². The van der Waals surface area contributed by atoms with Gasteiger partial charge in [-0.25, -0.2) is 4.98 Å². The van der Waals surface area contributed by atoms with Crippen LogP contribution in [0.5, 0.6) is 0 Å². The van der Waals surface area contributed by atoms with Crippen LogP contribution in [0.15, 0.2) is 42.6 Å². The average Bonchev–Trinajstić information content (AvgIpc) is 2.48. The van der Waals surface area contributed by atoms with Crippen LogP contribution in [0, 0.1) is 0 Å². The molecule has 0 aliphatic heterocycles. The van der Waals surface area contributed by atoms with Crippen molar-refractivity contribution in [3.05, 3.63) is 54.0 Å². The molecule has 20 heavy (non-hydrogen) atoms. The maximum absolute atomic E-state index is 12.3. The largest absolute Gasteiger partial charge is 0.370 e. The Morgan fingerprint density at radius 1 is 1.25 bits per heavy atom. The third kappa shape index (κ3) is 3.54. The summed E-state index contributed by atoms with van der Waals surface area (Å²) >= 11 is 0. The highest BCUT2D eigenvalue weighted by molar-refractivity contribution is 5.92. The molecule has 2 aromatic heterocycles. The SMILES string of the molecule is CCNc1cccc(C(=O)N(C)Cc2ccccn2)n1. The highest BCUT2D eigenvalue weighted by Crippen LogP contribution is 2.08. The summed E-state index contributed by atoms with van der Waals surface area (Å²) in [5.74, 6) is 0.597. The van der Waals surface area contributed by atoms with Gasteiger partial charge in [-0.15, -0.1) is 0 Å². The Hall–Kier alpha value is -2.43. The van der Waals surface area contributed by atoms with Gasteiger partial charge in [0.05, 0.1) is 12.2 Å². The number of aromatic nitrogens is 2. The number of hydrogen-bond donors (Lipinski definition) is 1. The number of nitrogens with one attached hydrogen (secondary N) is 1. The molecule has 0 bridgehead atoms. The lowest BCUT2D eigenvalue weighted by atomic mass is 10.3. The lowest BCUT2D eigenvalue weighted by Crippen LogP contribution is -2.27. The number of nitrogens with zero attached hydrogens (tertiary/aromatic N) is 3. The van der Waals surface area contributed by atoms with Crippen LogP contribution in [0.1, 0.15) is 23.1 Å². The van der Waals surface area contributed by atoms with Gasteiger partial charge < -0.3 is 10.2 Å². The highest BCUT2D eigenvalue weighted by atomic mass is 16.2. The van der Waals surface area contributed by atoms with E-state index < -0.39 is 0 Å². The third-order valence-electron chi connectivity index (χ3n) is 2.80. The van der Waals surface area contributed by atoms with Crippen molar-refractivity contribution in [2.45, 2.75) is 13.5 Å². The van der Waals surface area contributed by atoms with Gasteiger partial charge in [-0.2, -0.15) is 0 Å². The standard InChI is InChI=1S/C15H18N4O/c1-3-16-14-9-6-8-13(18-14)15(20)19(2)11-12-7-4-5-10-17-12/h4-10H,3,11H2,1-2H3,(H,16,18). The second-order valence-electron chi connectivity index (χ2n) is 4.42. The van der Waals surface area contributed by atoms with Crippen molar-refractivity contribution in [1.29, 1.82) is 0 Å². The lowest BCUT2D eigenvalue weighted by Gasteiger charge is -2.16. The van der Waals surface area contributed by atoms with Crippen LogP contribution in [0.3, 0.4) is 0 Å². The molecule has 1 amide bonds. The van der Waals surface area contributed by atoms with Gasteiger partial charge in [0.2, 0.25) is 0 Å². The molecule has 0 atom stereocenters. The molecule has 0 radical (unpaired) electrons. The first kappa shape index (κ1) is 14.0. The zero-order valence-corrected chi connectivity index (χ0v) is 11.7. The summed E-state index contributed by atoms with van der Waals surface area (Å²) in [5, 5.41) is 3.10. The van der Waals surface area contributed by atoms with Crippen molar-refractivity contribution >= 4 is 11.7 Å². The summed E-state index contributed by atoms with van der Waals surface area (Å²) in [6.45, 7) is 3.23. The predicted molar refractivity (Wildman–Crippen MR) is 78.4 cm³/mol. The number of rotatable bonds is 5. The van der Waals surface area contributed by atoms with E-state index in [1.165, 1.54) is 0 Å². The van der Waals surface area contributed by atoms with E-state index in [9.17, 15) is 4.79 Å². The van der Waals surface area contributed by atoms with E-state index in [2.05, 4.69) is 15.3 Å². The molecule has 0 unspecified atom stereocenters. The van der Waals surface area contributed by atoms with E-state index in [-0.39, 0.29) is 5.91 Å². The van der Waals surface area contributed by atoms with Gasteiger partial charge in [0.25, 0.3) is 5.91 Å². The quantitative estimate of drug-likeness (QED) is 0.904. The molecule has 0 aliphatic rings. The maximum atomic E-state index is 12.3. The van der Waals surface area contributed by atoms with E-state index in [1.807, 2.05) is 37.3 Å². The summed E-state index contributed by atoms with van der Waals surface area (Å²) in [6.07, 6.45) is 1.72. The van der Waals surface area contributed by atoms with E-state index >= 15 is 0 Å². The normalized spacial score (nSPS) is 10.1. The molecule has 2 aromatic rings. The summed E-state index contributed by atoms with van der Waals surface area (Å²) in [5.41, 5.74) is 1.29. The van der Waals surface area contributed by atoms with Crippen LogP contribution in [-0.2, 0) is 6.54 Å². The molecule has 2 rings (SSSR count). The first-order chi connectivity index (χ1) is 9.70. The van der Waals surface area contributed by atoms with Crippen molar-refractivity contribution in [3.8, 4) is 0 Å². The summed E-state index contributed by atoms with van der Waals surface area (Å²) in [7, 11) is 1.75. The third-order valence-corrected chi connectivity index (χ3v) is 2.80. The van der Waals surface area contributed by atoms with Gasteiger partial charge >= 0.3 is 0 Å². The number of carbonyl (C=O) groups is 1. The van der Waals surface area contributed by atoms with Gasteiger partial charge in [0, 0.05) is 19.8 Å². The van der Waals surface area contributed by atoms with Gasteiger partial charge in [-0.1, -0.05) is 12.1 Å². The molecular weight excluding hydrogens is 252 g/mol. The number of hydrogen-bond acceptors (Lipinski definition) is 4. The van der Waals surface area contributed by atoms with Crippen LogP contribution in [0.4, 0.5) is 5.82 Å². The fourth-order valence-electron chi connectivity index (χ4n) is 1.84. The van der Waals surface area contributed by atoms with Crippen molar-refractivity contribution in [2.24, 2.45) is 0 Å². The van der Waals surface area contributed by atoms with Gasteiger partial charge in [0.15, 0.2) is 0 Å². The first-order valence-electron chi connectivity index (χ1n) is 6.57. The van der Waals surface area contributed by atoms with E-state index in [4.69, 9.17) is 0 Å². The second kappa shape index (κ2) is 6.65. The molecule has 0 aromatic carbocycles. The van der Waals surface area contributed by atoms with Gasteiger partial charge in [-0.3, -0.25) is 9.78 Å². The molecule has 1 N–H and O–H groups in total. The van der Waals surface area contributed by atoms with Gasteiger partial charge in [0.1, 0.15) is 11.5 Å². The molecule has 5 nitrogen and oxygen atoms in total. The fourth-order valence-corrected chi connectivity index (χ4v) is 1.84. The zero-order valence-electron chi connectivity index (χ0n) is 11.7. The minimum Gasteiger partial charge on any atom is -0.370 e. The molecule has 0 saturated carbocycles. The highest BCUT2D eigenvalue weighted by Gasteiger charge is 2.14. The van der Waals surface area contributed by atoms with E-state index in [0.717, 1.165) is 12.2 Å². The Labute approximate surface area is 118 Å². The monoisotopic (exact) mass is 270 g/mol. The van der Waals surface area contributed by atoms with E-state index in [1.54, 1.807) is 24.2 Å². The summed E-state index contributed by atoms with van der Waals surface area (Å²) in [4.78, 5) is 22.4. The molecule has 104 valence electrons. The van der Waals surface area contributed by atoms with Crippen LogP contribution >= 0.6 is 0 Å². The second-order valence-corrected chi connectivity index (χ2v) is 4.42. The smallest absolute Gasteiger partial charge is 0.272 e. The summed E-state index contributed by atoms with van der Waals surface area (Å²) < 4.78 is 0. The predicted octanol–water partition coefficient (Wildman–Crippen LogP) is 2.18. The van der Waals surface area contributed by atoms with Crippen LogP contribution in [-0.4, -0.2) is 34.4 Å². The Morgan fingerprint density at radius 3 is 2.80 bits per heavy atom. The zero-order chi connectivity index (χ0) is 14.4. The van der Waals surface area contributed by atoms with Gasteiger partial charge in [-0.05, 0) is 31.2 Å². The molecule has 2 heterocycles. The number of carbonyl (C=O) groups excluding carboxylic acids is 1. The Balaban J connectivity index is 2.08. The van der Waals surface area contributed by atoms with Crippen LogP contribution in [0.25, 0.3) is 0 Å². The van der Waals surface area contributed by atoms with Crippen LogP contribution in [0.2, 0.25) is 0 Å². The minimum atomic E-state index is -0.115. The summed E-state index contributed by atoms with van der Waals surface area (Å²) in [6, 6.07) is 11.0. The molecular formula is C15H18N4O. The Kier molecular flexibility index (Phi) is 4.65. The minimum absolute atomic E-state index is 0.115. The Morgan fingerprint density at radius 2 is 2.10 bits per heavy atom.